The maximum absolute atomic E-state index is 13.1. The number of carbonyl (C=O) groups excluding carboxylic acids is 3. The monoisotopic (exact) mass is 460 g/mol. The first kappa shape index (κ1) is 22.1. The summed E-state index contributed by atoms with van der Waals surface area (Å²) in [6.45, 7) is 1.88. The van der Waals surface area contributed by atoms with Crippen LogP contribution in [0, 0.1) is 5.92 Å². The molecular formula is C26H28N4O4. The van der Waals surface area contributed by atoms with Crippen molar-refractivity contribution in [3.8, 4) is 0 Å². The van der Waals surface area contributed by atoms with Crippen LogP contribution in [0.25, 0.3) is 11.0 Å². The van der Waals surface area contributed by atoms with Gasteiger partial charge in [0.1, 0.15) is 12.3 Å². The molecule has 0 bridgehead atoms. The molecule has 0 radical (unpaired) electrons. The molecule has 176 valence electrons. The molecule has 2 aromatic carbocycles. The number of anilines is 1. The van der Waals surface area contributed by atoms with Crippen molar-refractivity contribution >= 4 is 34.8 Å². The summed E-state index contributed by atoms with van der Waals surface area (Å²) in [6.07, 6.45) is 4.36. The number of rotatable bonds is 5. The lowest BCUT2D eigenvalue weighted by Crippen LogP contribution is -2.44. The van der Waals surface area contributed by atoms with Crippen molar-refractivity contribution < 1.29 is 14.4 Å². The zero-order valence-corrected chi connectivity index (χ0v) is 19.2. The normalized spacial score (nSPS) is 19.4. The summed E-state index contributed by atoms with van der Waals surface area (Å²) in [4.78, 5) is 50.4. The van der Waals surface area contributed by atoms with Gasteiger partial charge < -0.3 is 4.90 Å². The number of hydrogen-bond acceptors (Lipinski definition) is 5. The number of imidazole rings is 1. The molecule has 1 unspecified atom stereocenters. The van der Waals surface area contributed by atoms with Gasteiger partial charge in [0, 0.05) is 37.8 Å². The maximum atomic E-state index is 13.1. The second kappa shape index (κ2) is 8.93. The quantitative estimate of drug-likeness (QED) is 0.467. The summed E-state index contributed by atoms with van der Waals surface area (Å²) in [5.74, 6) is -0.212. The van der Waals surface area contributed by atoms with Crippen LogP contribution in [0.1, 0.15) is 47.6 Å². The van der Waals surface area contributed by atoms with E-state index in [1.807, 2.05) is 36.4 Å². The van der Waals surface area contributed by atoms with Crippen molar-refractivity contribution in [2.75, 3.05) is 18.0 Å². The smallest absolute Gasteiger partial charge is 0.329 e. The number of aromatic nitrogens is 2. The van der Waals surface area contributed by atoms with Crippen LogP contribution >= 0.6 is 0 Å². The topological polar surface area (TPSA) is 93.4 Å². The van der Waals surface area contributed by atoms with Gasteiger partial charge in [0.15, 0.2) is 0 Å². The van der Waals surface area contributed by atoms with E-state index < -0.39 is 11.9 Å². The van der Waals surface area contributed by atoms with Crippen LogP contribution in [-0.2, 0) is 23.1 Å². The van der Waals surface area contributed by atoms with E-state index in [2.05, 4.69) is 16.3 Å². The molecule has 0 aliphatic carbocycles. The molecular weight excluding hydrogens is 432 g/mol. The van der Waals surface area contributed by atoms with Gasteiger partial charge in [0.05, 0.1) is 11.0 Å². The van der Waals surface area contributed by atoms with Crippen LogP contribution in [0.15, 0.2) is 47.3 Å². The van der Waals surface area contributed by atoms with Crippen LogP contribution in [0.3, 0.4) is 0 Å². The molecule has 1 aromatic heterocycles. The van der Waals surface area contributed by atoms with Crippen molar-refractivity contribution in [3.63, 3.8) is 0 Å². The molecule has 2 aliphatic heterocycles. The molecule has 2 saturated heterocycles. The SMILES string of the molecule is Cn1c(=O)n(C2CCC(=O)NC2=O)c2cccc(CC3CCN(c4ccc(C=O)cc4)CC3)c21. The first-order valence-electron chi connectivity index (χ1n) is 11.8. The minimum atomic E-state index is -0.669. The van der Waals surface area contributed by atoms with E-state index in [0.29, 0.717) is 17.9 Å². The standard InChI is InChI=1S/C26H28N4O4/c1-28-24-19(15-17-11-13-29(14-12-17)20-7-5-18(16-31)6-8-20)3-2-4-21(24)30(26(28)34)22-9-10-23(32)27-25(22)33/h2-8,16-17,22H,9-15H2,1H3,(H,27,32,33). The first-order valence-corrected chi connectivity index (χ1v) is 11.8. The molecule has 0 saturated carbocycles. The Kier molecular flexibility index (Phi) is 5.81. The number of aldehydes is 1. The Hall–Kier alpha value is -3.68. The number of para-hydroxylation sites is 1. The summed E-state index contributed by atoms with van der Waals surface area (Å²) in [7, 11) is 1.75. The van der Waals surface area contributed by atoms with Crippen LogP contribution in [-0.4, -0.2) is 40.3 Å². The van der Waals surface area contributed by atoms with Crippen molar-refractivity contribution in [1.29, 1.82) is 0 Å². The number of hydrogen-bond donors (Lipinski definition) is 1. The predicted octanol–water partition coefficient (Wildman–Crippen LogP) is 2.59. The Morgan fingerprint density at radius 3 is 2.41 bits per heavy atom. The summed E-state index contributed by atoms with van der Waals surface area (Å²) in [5.41, 5.74) is 4.30. The number of carbonyl (C=O) groups is 3. The Bertz CT molecular complexity index is 1310. The van der Waals surface area contributed by atoms with Gasteiger partial charge >= 0.3 is 5.69 Å². The minimum absolute atomic E-state index is 0.231. The highest BCUT2D eigenvalue weighted by atomic mass is 16.2. The average Bonchev–Trinajstić information content (AvgIpc) is 3.10. The summed E-state index contributed by atoms with van der Waals surface area (Å²) >= 11 is 0. The highest BCUT2D eigenvalue weighted by molar-refractivity contribution is 6.00. The number of amides is 2. The van der Waals surface area contributed by atoms with E-state index >= 15 is 0 Å². The van der Waals surface area contributed by atoms with E-state index in [-0.39, 0.29) is 18.0 Å². The predicted molar refractivity (Wildman–Crippen MR) is 129 cm³/mol. The highest BCUT2D eigenvalue weighted by Gasteiger charge is 2.32. The van der Waals surface area contributed by atoms with Crippen molar-refractivity contribution in [1.82, 2.24) is 14.5 Å². The van der Waals surface area contributed by atoms with E-state index in [1.54, 1.807) is 16.2 Å². The van der Waals surface area contributed by atoms with E-state index in [4.69, 9.17) is 0 Å². The molecule has 8 heteroatoms. The number of piperidine rings is 2. The van der Waals surface area contributed by atoms with E-state index in [0.717, 1.165) is 60.9 Å². The largest absolute Gasteiger partial charge is 0.372 e. The van der Waals surface area contributed by atoms with Gasteiger partial charge in [-0.2, -0.15) is 0 Å². The van der Waals surface area contributed by atoms with Gasteiger partial charge in [-0.25, -0.2) is 4.79 Å². The summed E-state index contributed by atoms with van der Waals surface area (Å²) < 4.78 is 3.18. The van der Waals surface area contributed by atoms with Gasteiger partial charge in [-0.3, -0.25) is 28.8 Å². The fourth-order valence-electron chi connectivity index (χ4n) is 5.38. The fraction of sp³-hybridized carbons (Fsp3) is 0.385. The Balaban J connectivity index is 1.36. The molecule has 2 amide bonds. The Morgan fingerprint density at radius 1 is 1.00 bits per heavy atom. The molecule has 5 rings (SSSR count). The lowest BCUT2D eigenvalue weighted by molar-refractivity contribution is -0.135. The number of benzene rings is 2. The van der Waals surface area contributed by atoms with Crippen molar-refractivity contribution in [3.05, 3.63) is 64.1 Å². The molecule has 3 aromatic rings. The second-order valence-corrected chi connectivity index (χ2v) is 9.31. The second-order valence-electron chi connectivity index (χ2n) is 9.31. The van der Waals surface area contributed by atoms with Crippen LogP contribution in [0.5, 0.6) is 0 Å². The molecule has 0 spiro atoms. The van der Waals surface area contributed by atoms with Crippen molar-refractivity contribution in [2.45, 2.75) is 38.1 Å². The average molecular weight is 461 g/mol. The number of fused-ring (bicyclic) bond motifs is 1. The Labute approximate surface area is 197 Å². The molecule has 1 atom stereocenters. The van der Waals surface area contributed by atoms with E-state index in [9.17, 15) is 19.2 Å². The third-order valence-electron chi connectivity index (χ3n) is 7.23. The van der Waals surface area contributed by atoms with Gasteiger partial charge in [-0.05, 0) is 67.5 Å². The minimum Gasteiger partial charge on any atom is -0.372 e. The van der Waals surface area contributed by atoms with Crippen LogP contribution < -0.4 is 15.9 Å². The number of nitrogens with zero attached hydrogens (tertiary/aromatic N) is 3. The van der Waals surface area contributed by atoms with Gasteiger partial charge in [0.25, 0.3) is 0 Å². The van der Waals surface area contributed by atoms with Crippen LogP contribution in [0.2, 0.25) is 0 Å². The maximum Gasteiger partial charge on any atom is 0.329 e. The lowest BCUT2D eigenvalue weighted by atomic mass is 9.89. The molecule has 2 aliphatic rings. The summed E-state index contributed by atoms with van der Waals surface area (Å²) in [6, 6.07) is 12.9. The molecule has 8 nitrogen and oxygen atoms in total. The first-order chi connectivity index (χ1) is 16.5. The highest BCUT2D eigenvalue weighted by Crippen LogP contribution is 2.30. The van der Waals surface area contributed by atoms with Gasteiger partial charge in [-0.15, -0.1) is 0 Å². The fourth-order valence-corrected chi connectivity index (χ4v) is 5.38. The zero-order chi connectivity index (χ0) is 23.8. The zero-order valence-electron chi connectivity index (χ0n) is 19.2. The molecule has 2 fully saturated rings. The Morgan fingerprint density at radius 2 is 1.74 bits per heavy atom. The number of aryl methyl sites for hydroxylation is 1. The van der Waals surface area contributed by atoms with Gasteiger partial charge in [0.2, 0.25) is 11.8 Å². The third kappa shape index (κ3) is 3.93. The number of imide groups is 1. The third-order valence-corrected chi connectivity index (χ3v) is 7.23. The van der Waals surface area contributed by atoms with Crippen molar-refractivity contribution in [2.24, 2.45) is 13.0 Å². The molecule has 34 heavy (non-hydrogen) atoms. The molecule has 3 heterocycles. The summed E-state index contributed by atoms with van der Waals surface area (Å²) in [5, 5.41) is 2.36. The van der Waals surface area contributed by atoms with E-state index in [1.165, 1.54) is 0 Å². The number of nitrogens with one attached hydrogen (secondary N) is 1. The van der Waals surface area contributed by atoms with Gasteiger partial charge in [-0.1, -0.05) is 12.1 Å². The lowest BCUT2D eigenvalue weighted by Gasteiger charge is -2.34. The van der Waals surface area contributed by atoms with Crippen LogP contribution in [0.4, 0.5) is 5.69 Å². The molecule has 1 N–H and O–H groups in total.